The zero-order chi connectivity index (χ0) is 18.4. The maximum Gasteiger partial charge on any atom is 0.430 e. The highest BCUT2D eigenvalue weighted by molar-refractivity contribution is 6.32. The molecule has 1 aliphatic heterocycles. The van der Waals surface area contributed by atoms with E-state index in [-0.39, 0.29) is 16.3 Å². The molecule has 1 unspecified atom stereocenters. The largest absolute Gasteiger partial charge is 0.478 e. The number of aryl methyl sites for hydroxylation is 1. The quantitative estimate of drug-likeness (QED) is 0.801. The summed E-state index contributed by atoms with van der Waals surface area (Å²) in [6, 6.07) is 10.5. The average molecular weight is 369 g/mol. The molecule has 0 saturated heterocycles. The maximum atomic E-state index is 13.1. The second-order valence-corrected chi connectivity index (χ2v) is 6.09. The van der Waals surface area contributed by atoms with E-state index in [1.54, 1.807) is 6.07 Å². The summed E-state index contributed by atoms with van der Waals surface area (Å²) < 4.78 is 44.2. The Hall–Kier alpha value is -2.47. The molecule has 0 spiro atoms. The molecule has 1 atom stereocenters. The van der Waals surface area contributed by atoms with Crippen LogP contribution in [0, 0.1) is 6.92 Å². The van der Waals surface area contributed by atoms with Crippen molar-refractivity contribution in [2.45, 2.75) is 19.2 Å². The molecular weight excluding hydrogens is 357 g/mol. The lowest BCUT2D eigenvalue weighted by atomic mass is 9.97. The Balaban J connectivity index is 2.13. The third-order valence-corrected chi connectivity index (χ3v) is 4.11. The molecule has 1 heterocycles. The predicted octanol–water partition coefficient (Wildman–Crippen LogP) is 5.11. The van der Waals surface area contributed by atoms with E-state index >= 15 is 0 Å². The molecule has 7 heteroatoms. The number of carbonyl (C=O) groups is 1. The third kappa shape index (κ3) is 3.35. The standard InChI is InChI=1S/C18H12ClF3O3/c1-9-2-4-10(5-3-9)11-6-12-7-13(17(23)24)16(18(20,21)22)25-15(12)14(19)8-11/h2-8,16H,1H3,(H,23,24). The average Bonchev–Trinajstić information content (AvgIpc) is 2.53. The van der Waals surface area contributed by atoms with Crippen LogP contribution < -0.4 is 4.74 Å². The van der Waals surface area contributed by atoms with Crippen LogP contribution in [-0.4, -0.2) is 23.4 Å². The van der Waals surface area contributed by atoms with Crippen molar-refractivity contribution in [3.63, 3.8) is 0 Å². The van der Waals surface area contributed by atoms with E-state index in [9.17, 15) is 18.0 Å². The molecular formula is C18H12ClF3O3. The summed E-state index contributed by atoms with van der Waals surface area (Å²) in [4.78, 5) is 11.2. The zero-order valence-electron chi connectivity index (χ0n) is 12.9. The summed E-state index contributed by atoms with van der Waals surface area (Å²) in [5, 5.41) is 9.09. The fourth-order valence-electron chi connectivity index (χ4n) is 2.60. The van der Waals surface area contributed by atoms with Gasteiger partial charge in [-0.15, -0.1) is 0 Å². The van der Waals surface area contributed by atoms with Crippen molar-refractivity contribution in [2.24, 2.45) is 0 Å². The number of alkyl halides is 3. The first-order valence-electron chi connectivity index (χ1n) is 7.25. The fraction of sp³-hybridized carbons (Fsp3) is 0.167. The van der Waals surface area contributed by atoms with E-state index in [1.807, 2.05) is 31.2 Å². The summed E-state index contributed by atoms with van der Waals surface area (Å²) in [6.45, 7) is 1.93. The van der Waals surface area contributed by atoms with Gasteiger partial charge in [0.1, 0.15) is 5.75 Å². The van der Waals surface area contributed by atoms with Gasteiger partial charge in [0.15, 0.2) is 0 Å². The van der Waals surface area contributed by atoms with Crippen molar-refractivity contribution in [1.82, 2.24) is 0 Å². The van der Waals surface area contributed by atoms with Gasteiger partial charge in [-0.2, -0.15) is 13.2 Å². The molecule has 0 amide bonds. The minimum Gasteiger partial charge on any atom is -0.478 e. The van der Waals surface area contributed by atoms with Gasteiger partial charge in [0.25, 0.3) is 0 Å². The normalized spacial score (nSPS) is 16.7. The van der Waals surface area contributed by atoms with E-state index < -0.39 is 23.8 Å². The van der Waals surface area contributed by atoms with E-state index in [0.717, 1.165) is 17.2 Å². The highest BCUT2D eigenvalue weighted by Crippen LogP contribution is 2.43. The van der Waals surface area contributed by atoms with Crippen molar-refractivity contribution < 1.29 is 27.8 Å². The molecule has 1 aliphatic rings. The number of carboxylic acid groups (broad SMARTS) is 1. The monoisotopic (exact) mass is 368 g/mol. The molecule has 0 radical (unpaired) electrons. The number of ether oxygens (including phenoxy) is 1. The first-order chi connectivity index (χ1) is 11.7. The lowest BCUT2D eigenvalue weighted by Gasteiger charge is -2.28. The Kier molecular flexibility index (Phi) is 4.24. The van der Waals surface area contributed by atoms with E-state index in [1.165, 1.54) is 6.07 Å². The predicted molar refractivity (Wildman–Crippen MR) is 87.7 cm³/mol. The molecule has 3 nitrogen and oxygen atoms in total. The number of hydrogen-bond acceptors (Lipinski definition) is 2. The van der Waals surface area contributed by atoms with Gasteiger partial charge in [-0.1, -0.05) is 41.4 Å². The van der Waals surface area contributed by atoms with Gasteiger partial charge >= 0.3 is 12.1 Å². The van der Waals surface area contributed by atoms with Gasteiger partial charge in [-0.05, 0) is 36.3 Å². The Bertz CT molecular complexity index is 870. The van der Waals surface area contributed by atoms with Gasteiger partial charge in [-0.25, -0.2) is 4.79 Å². The van der Waals surface area contributed by atoms with Crippen LogP contribution in [0.25, 0.3) is 17.2 Å². The minimum absolute atomic E-state index is 0.0111. The summed E-state index contributed by atoms with van der Waals surface area (Å²) in [6.07, 6.45) is -6.45. The van der Waals surface area contributed by atoms with E-state index in [0.29, 0.717) is 5.56 Å². The summed E-state index contributed by atoms with van der Waals surface area (Å²) in [5.74, 6) is -1.87. The van der Waals surface area contributed by atoms with Gasteiger partial charge in [-0.3, -0.25) is 0 Å². The Morgan fingerprint density at radius 2 is 1.80 bits per heavy atom. The first kappa shape index (κ1) is 17.4. The van der Waals surface area contributed by atoms with Crippen molar-refractivity contribution in [3.8, 4) is 16.9 Å². The molecule has 25 heavy (non-hydrogen) atoms. The number of hydrogen-bond donors (Lipinski definition) is 1. The van der Waals surface area contributed by atoms with Crippen LogP contribution in [0.4, 0.5) is 13.2 Å². The Morgan fingerprint density at radius 3 is 2.36 bits per heavy atom. The van der Waals surface area contributed by atoms with Crippen molar-refractivity contribution in [1.29, 1.82) is 0 Å². The summed E-state index contributed by atoms with van der Waals surface area (Å²) in [5.41, 5.74) is 1.83. The van der Waals surface area contributed by atoms with Gasteiger partial charge in [0.05, 0.1) is 10.6 Å². The molecule has 0 fully saturated rings. The van der Waals surface area contributed by atoms with Gasteiger partial charge in [0, 0.05) is 5.56 Å². The van der Waals surface area contributed by atoms with Crippen molar-refractivity contribution >= 4 is 23.6 Å². The summed E-state index contributed by atoms with van der Waals surface area (Å²) >= 11 is 6.10. The number of rotatable bonds is 2. The molecule has 2 aromatic carbocycles. The topological polar surface area (TPSA) is 46.5 Å². The zero-order valence-corrected chi connectivity index (χ0v) is 13.7. The third-order valence-electron chi connectivity index (χ3n) is 3.83. The molecule has 0 saturated carbocycles. The van der Waals surface area contributed by atoms with Gasteiger partial charge < -0.3 is 9.84 Å². The highest BCUT2D eigenvalue weighted by Gasteiger charge is 2.48. The van der Waals surface area contributed by atoms with Crippen molar-refractivity contribution in [2.75, 3.05) is 0 Å². The number of aliphatic carboxylic acids is 1. The van der Waals surface area contributed by atoms with Crippen LogP contribution in [0.15, 0.2) is 42.0 Å². The number of halogens is 4. The number of carboxylic acids is 1. The maximum absolute atomic E-state index is 13.1. The van der Waals surface area contributed by atoms with E-state index in [4.69, 9.17) is 21.4 Å². The molecule has 0 aliphatic carbocycles. The Labute approximate surface area is 146 Å². The molecule has 2 aromatic rings. The second kappa shape index (κ2) is 6.11. The molecule has 130 valence electrons. The first-order valence-corrected chi connectivity index (χ1v) is 7.63. The smallest absolute Gasteiger partial charge is 0.430 e. The SMILES string of the molecule is Cc1ccc(-c2cc(Cl)c3c(c2)C=C(C(=O)O)C(C(F)(F)F)O3)cc1. The fourth-order valence-corrected chi connectivity index (χ4v) is 2.87. The van der Waals surface area contributed by atoms with Crippen molar-refractivity contribution in [3.05, 3.63) is 58.1 Å². The second-order valence-electron chi connectivity index (χ2n) is 5.69. The molecule has 0 aromatic heterocycles. The van der Waals surface area contributed by atoms with E-state index in [2.05, 4.69) is 0 Å². The minimum atomic E-state index is -4.86. The van der Waals surface area contributed by atoms with Crippen LogP contribution in [0.3, 0.4) is 0 Å². The molecule has 3 rings (SSSR count). The van der Waals surface area contributed by atoms with Crippen LogP contribution >= 0.6 is 11.6 Å². The summed E-state index contributed by atoms with van der Waals surface area (Å²) in [7, 11) is 0. The number of fused-ring (bicyclic) bond motifs is 1. The number of benzene rings is 2. The lowest BCUT2D eigenvalue weighted by molar-refractivity contribution is -0.187. The Morgan fingerprint density at radius 1 is 1.16 bits per heavy atom. The van der Waals surface area contributed by atoms with Gasteiger partial charge in [0.2, 0.25) is 6.10 Å². The molecule has 0 bridgehead atoms. The van der Waals surface area contributed by atoms with Crippen LogP contribution in [0.5, 0.6) is 5.75 Å². The van der Waals surface area contributed by atoms with Crippen LogP contribution in [0.2, 0.25) is 5.02 Å². The molecule has 1 N–H and O–H groups in total. The lowest BCUT2D eigenvalue weighted by Crippen LogP contribution is -2.40. The van der Waals surface area contributed by atoms with Crippen LogP contribution in [-0.2, 0) is 4.79 Å². The van der Waals surface area contributed by atoms with Crippen LogP contribution in [0.1, 0.15) is 11.1 Å². The highest BCUT2D eigenvalue weighted by atomic mass is 35.5.